The van der Waals surface area contributed by atoms with Crippen molar-refractivity contribution in [2.45, 2.75) is 18.5 Å². The lowest BCUT2D eigenvalue weighted by Gasteiger charge is -2.39. The van der Waals surface area contributed by atoms with Crippen LogP contribution in [0.15, 0.2) is 176 Å². The summed E-state index contributed by atoms with van der Waals surface area (Å²) in [7, 11) is 0. The molecule has 3 N–H and O–H groups in total. The van der Waals surface area contributed by atoms with Gasteiger partial charge in [-0.05, 0) is 83.4 Å². The lowest BCUT2D eigenvalue weighted by Crippen LogP contribution is -2.54. The highest BCUT2D eigenvalue weighted by atomic mass is 15.4. The van der Waals surface area contributed by atoms with Gasteiger partial charge in [0.15, 0.2) is 0 Å². The van der Waals surface area contributed by atoms with Gasteiger partial charge in [0, 0.05) is 0 Å². The average Bonchev–Trinajstić information content (AvgIpc) is 3.17. The number of nitrogens with one attached hydrogen (secondary N) is 3. The molecule has 1 fully saturated rings. The molecule has 8 aromatic carbocycles. The summed E-state index contributed by atoms with van der Waals surface area (Å²) in [5.74, 6) is 0. The SMILES string of the molecule is c1ccc(-c2cccc(C3NC(c4ccccc4)NC(c4ccc(-c5c6ccccc6cc6c5ccc5ccccc56)cc4)N3)c2)cc1. The second-order valence-corrected chi connectivity index (χ2v) is 12.7. The molecule has 0 aliphatic carbocycles. The van der Waals surface area contributed by atoms with Crippen LogP contribution in [0.2, 0.25) is 0 Å². The lowest BCUT2D eigenvalue weighted by atomic mass is 9.89. The van der Waals surface area contributed by atoms with Gasteiger partial charge in [-0.3, -0.25) is 16.0 Å². The van der Waals surface area contributed by atoms with E-state index in [9.17, 15) is 0 Å². The molecule has 0 spiro atoms. The third-order valence-corrected chi connectivity index (χ3v) is 9.76. The number of hydrogen-bond donors (Lipinski definition) is 3. The molecule has 1 saturated heterocycles. The van der Waals surface area contributed by atoms with E-state index >= 15 is 0 Å². The summed E-state index contributed by atoms with van der Waals surface area (Å²) in [5.41, 5.74) is 8.53. The van der Waals surface area contributed by atoms with Crippen LogP contribution in [0.25, 0.3) is 54.6 Å². The molecule has 3 heteroatoms. The first-order valence-electron chi connectivity index (χ1n) is 16.7. The quantitative estimate of drug-likeness (QED) is 0.133. The topological polar surface area (TPSA) is 36.1 Å². The largest absolute Gasteiger partial charge is 0.279 e. The first-order valence-corrected chi connectivity index (χ1v) is 16.7. The Morgan fingerprint density at radius 2 is 0.854 bits per heavy atom. The van der Waals surface area contributed by atoms with Crippen molar-refractivity contribution in [2.75, 3.05) is 0 Å². The molecule has 1 aliphatic rings. The minimum absolute atomic E-state index is 0.0298. The lowest BCUT2D eigenvalue weighted by molar-refractivity contribution is 0.203. The molecule has 0 radical (unpaired) electrons. The van der Waals surface area contributed by atoms with Crippen molar-refractivity contribution in [1.29, 1.82) is 0 Å². The van der Waals surface area contributed by atoms with Crippen LogP contribution in [-0.2, 0) is 0 Å². The molecule has 230 valence electrons. The van der Waals surface area contributed by atoms with Crippen LogP contribution in [0.1, 0.15) is 35.2 Å². The molecule has 0 aromatic heterocycles. The number of fused-ring (bicyclic) bond motifs is 4. The van der Waals surface area contributed by atoms with E-state index in [-0.39, 0.29) is 18.5 Å². The molecule has 0 saturated carbocycles. The van der Waals surface area contributed by atoms with Gasteiger partial charge in [0.2, 0.25) is 0 Å². The average molecular weight is 618 g/mol. The van der Waals surface area contributed by atoms with Gasteiger partial charge in [0.25, 0.3) is 0 Å². The maximum atomic E-state index is 3.88. The van der Waals surface area contributed by atoms with Crippen molar-refractivity contribution in [1.82, 2.24) is 16.0 Å². The van der Waals surface area contributed by atoms with E-state index in [4.69, 9.17) is 0 Å². The highest BCUT2D eigenvalue weighted by Crippen LogP contribution is 2.40. The third-order valence-electron chi connectivity index (χ3n) is 9.76. The second-order valence-electron chi connectivity index (χ2n) is 12.7. The Morgan fingerprint density at radius 1 is 0.292 bits per heavy atom. The Bertz CT molecular complexity index is 2380. The Labute approximate surface area is 280 Å². The zero-order valence-corrected chi connectivity index (χ0v) is 26.5. The minimum Gasteiger partial charge on any atom is -0.279 e. The maximum absolute atomic E-state index is 3.88. The van der Waals surface area contributed by atoms with Crippen molar-refractivity contribution < 1.29 is 0 Å². The molecule has 1 aliphatic heterocycles. The molecule has 0 amide bonds. The van der Waals surface area contributed by atoms with Crippen molar-refractivity contribution in [2.24, 2.45) is 0 Å². The highest BCUT2D eigenvalue weighted by molar-refractivity contribution is 6.20. The van der Waals surface area contributed by atoms with E-state index in [2.05, 4.69) is 192 Å². The summed E-state index contributed by atoms with van der Waals surface area (Å²) in [6.07, 6.45) is -0.151. The van der Waals surface area contributed by atoms with Gasteiger partial charge in [-0.15, -0.1) is 0 Å². The molecular weight excluding hydrogens is 583 g/mol. The van der Waals surface area contributed by atoms with Crippen LogP contribution in [-0.4, -0.2) is 0 Å². The van der Waals surface area contributed by atoms with Crippen molar-refractivity contribution in [3.05, 3.63) is 193 Å². The molecule has 9 rings (SSSR count). The van der Waals surface area contributed by atoms with E-state index in [1.54, 1.807) is 0 Å². The van der Waals surface area contributed by atoms with Gasteiger partial charge >= 0.3 is 0 Å². The zero-order valence-electron chi connectivity index (χ0n) is 26.5. The first-order chi connectivity index (χ1) is 23.8. The molecule has 8 aromatic rings. The summed E-state index contributed by atoms with van der Waals surface area (Å²) < 4.78 is 0. The van der Waals surface area contributed by atoms with Crippen LogP contribution in [0.4, 0.5) is 0 Å². The van der Waals surface area contributed by atoms with Crippen LogP contribution in [0.5, 0.6) is 0 Å². The predicted octanol–water partition coefficient (Wildman–Crippen LogP) is 10.7. The summed E-state index contributed by atoms with van der Waals surface area (Å²) in [4.78, 5) is 0. The third kappa shape index (κ3) is 5.25. The fourth-order valence-electron chi connectivity index (χ4n) is 7.37. The highest BCUT2D eigenvalue weighted by Gasteiger charge is 2.30. The van der Waals surface area contributed by atoms with Gasteiger partial charge < -0.3 is 0 Å². The van der Waals surface area contributed by atoms with Crippen LogP contribution < -0.4 is 16.0 Å². The van der Waals surface area contributed by atoms with E-state index in [1.165, 1.54) is 71.3 Å². The van der Waals surface area contributed by atoms with Crippen molar-refractivity contribution in [3.63, 3.8) is 0 Å². The summed E-state index contributed by atoms with van der Waals surface area (Å²) in [6, 6.07) is 63.6. The Hall–Kier alpha value is -5.58. The molecule has 0 bridgehead atoms. The normalized spacial score (nSPS) is 18.0. The second kappa shape index (κ2) is 12.2. The molecule has 3 atom stereocenters. The maximum Gasteiger partial charge on any atom is 0.0864 e. The number of hydrogen-bond acceptors (Lipinski definition) is 3. The fourth-order valence-corrected chi connectivity index (χ4v) is 7.37. The molecule has 1 heterocycles. The number of benzene rings is 8. The van der Waals surface area contributed by atoms with Gasteiger partial charge in [0.05, 0.1) is 18.5 Å². The van der Waals surface area contributed by atoms with E-state index in [0.717, 1.165) is 0 Å². The van der Waals surface area contributed by atoms with E-state index in [0.29, 0.717) is 0 Å². The molecular formula is C45H35N3. The summed E-state index contributed by atoms with van der Waals surface area (Å²) in [6.45, 7) is 0. The van der Waals surface area contributed by atoms with Gasteiger partial charge in [-0.1, -0.05) is 164 Å². The smallest absolute Gasteiger partial charge is 0.0864 e. The first kappa shape index (κ1) is 28.6. The predicted molar refractivity (Wildman–Crippen MR) is 200 cm³/mol. The minimum atomic E-state index is -0.0657. The van der Waals surface area contributed by atoms with Gasteiger partial charge in [0.1, 0.15) is 0 Å². The monoisotopic (exact) mass is 617 g/mol. The van der Waals surface area contributed by atoms with Crippen molar-refractivity contribution in [3.8, 4) is 22.3 Å². The van der Waals surface area contributed by atoms with Gasteiger partial charge in [-0.25, -0.2) is 0 Å². The Kier molecular flexibility index (Phi) is 7.29. The van der Waals surface area contributed by atoms with Gasteiger partial charge in [-0.2, -0.15) is 0 Å². The van der Waals surface area contributed by atoms with Crippen LogP contribution >= 0.6 is 0 Å². The molecule has 48 heavy (non-hydrogen) atoms. The Balaban J connectivity index is 1.11. The number of rotatable bonds is 5. The van der Waals surface area contributed by atoms with Crippen LogP contribution in [0.3, 0.4) is 0 Å². The standard InChI is InChI=1S/C45H35N3/c1-3-12-30(13-4-1)35-18-11-19-37(28-35)45-47-43(33-15-5-2-6-16-33)46-44(48-45)34-24-22-32(23-25-34)42-39-21-10-8-17-36(39)29-41-38-20-9-7-14-31(38)26-27-40(41)42/h1-29,43-48H. The van der Waals surface area contributed by atoms with Crippen LogP contribution in [0, 0.1) is 0 Å². The molecule has 3 unspecified atom stereocenters. The summed E-state index contributed by atoms with van der Waals surface area (Å²) >= 11 is 0. The van der Waals surface area contributed by atoms with E-state index in [1.807, 2.05) is 0 Å². The fraction of sp³-hybridized carbons (Fsp3) is 0.0667. The summed E-state index contributed by atoms with van der Waals surface area (Å²) in [5, 5.41) is 19.2. The zero-order chi connectivity index (χ0) is 31.9. The Morgan fingerprint density at radius 3 is 1.60 bits per heavy atom. The van der Waals surface area contributed by atoms with Crippen molar-refractivity contribution >= 4 is 32.3 Å². The van der Waals surface area contributed by atoms with E-state index < -0.39 is 0 Å². The molecule has 3 nitrogen and oxygen atoms in total.